The SMILES string of the molecule is CCOC(=O)c1nc2sc3c(Cl)c(F)ccc3n2c1C(F)(F)F. The zero-order valence-corrected chi connectivity index (χ0v) is 12.9. The van der Waals surface area contributed by atoms with Crippen LogP contribution in [0.25, 0.3) is 15.2 Å². The largest absolute Gasteiger partial charge is 0.461 e. The van der Waals surface area contributed by atoms with E-state index in [1.165, 1.54) is 6.92 Å². The molecule has 2 aromatic heterocycles. The molecule has 0 aliphatic rings. The number of halogens is 5. The Morgan fingerprint density at radius 3 is 2.74 bits per heavy atom. The van der Waals surface area contributed by atoms with Crippen molar-refractivity contribution in [3.8, 4) is 0 Å². The molecule has 0 spiro atoms. The second-order valence-electron chi connectivity index (χ2n) is 4.46. The van der Waals surface area contributed by atoms with Gasteiger partial charge >= 0.3 is 12.1 Å². The van der Waals surface area contributed by atoms with Crippen molar-refractivity contribution < 1.29 is 27.1 Å². The highest BCUT2D eigenvalue weighted by Crippen LogP contribution is 2.40. The van der Waals surface area contributed by atoms with Gasteiger partial charge < -0.3 is 4.74 Å². The van der Waals surface area contributed by atoms with E-state index in [2.05, 4.69) is 9.72 Å². The minimum atomic E-state index is -4.85. The van der Waals surface area contributed by atoms with Gasteiger partial charge in [0.25, 0.3) is 0 Å². The fourth-order valence-corrected chi connectivity index (χ4v) is 3.51. The first-order valence-corrected chi connectivity index (χ1v) is 7.48. The summed E-state index contributed by atoms with van der Waals surface area (Å²) in [5.74, 6) is -1.92. The molecule has 3 rings (SSSR count). The Morgan fingerprint density at radius 1 is 1.43 bits per heavy atom. The number of hydrogen-bond acceptors (Lipinski definition) is 4. The zero-order valence-electron chi connectivity index (χ0n) is 11.4. The summed E-state index contributed by atoms with van der Waals surface area (Å²) in [5, 5.41) is -0.288. The average Bonchev–Trinajstić information content (AvgIpc) is 2.98. The fourth-order valence-electron chi connectivity index (χ4n) is 2.18. The molecule has 1 aromatic carbocycles. The Kier molecular flexibility index (Phi) is 3.72. The number of hydrogen-bond donors (Lipinski definition) is 0. The number of rotatable bonds is 2. The predicted molar refractivity (Wildman–Crippen MR) is 76.5 cm³/mol. The number of aromatic nitrogens is 2. The quantitative estimate of drug-likeness (QED) is 0.494. The number of alkyl halides is 3. The number of ether oxygens (including phenoxy) is 1. The molecule has 0 fully saturated rings. The molecule has 122 valence electrons. The number of carbonyl (C=O) groups excluding carboxylic acids is 1. The lowest BCUT2D eigenvalue weighted by Crippen LogP contribution is -2.16. The number of benzene rings is 1. The van der Waals surface area contributed by atoms with Crippen LogP contribution >= 0.6 is 22.9 Å². The van der Waals surface area contributed by atoms with Crippen molar-refractivity contribution in [2.24, 2.45) is 0 Å². The monoisotopic (exact) mass is 366 g/mol. The molecule has 23 heavy (non-hydrogen) atoms. The summed E-state index contributed by atoms with van der Waals surface area (Å²) in [7, 11) is 0. The Balaban J connectivity index is 2.41. The maximum atomic E-state index is 13.5. The number of esters is 1. The standard InChI is InChI=1S/C13H7ClF4N2O2S/c1-2-22-11(21)8-10(13(16,17)18)20-6-4-3-5(15)7(14)9(6)23-12(20)19-8/h3-4H,2H2,1H3. The highest BCUT2D eigenvalue weighted by atomic mass is 35.5. The molecular weight excluding hydrogens is 360 g/mol. The van der Waals surface area contributed by atoms with Crippen molar-refractivity contribution in [3.63, 3.8) is 0 Å². The molecule has 0 aliphatic heterocycles. The first-order valence-electron chi connectivity index (χ1n) is 6.29. The lowest BCUT2D eigenvalue weighted by molar-refractivity contribution is -0.142. The third-order valence-electron chi connectivity index (χ3n) is 3.05. The van der Waals surface area contributed by atoms with Crippen LogP contribution in [-0.4, -0.2) is 22.0 Å². The molecule has 0 amide bonds. The molecule has 0 bridgehead atoms. The molecule has 0 aliphatic carbocycles. The lowest BCUT2D eigenvalue weighted by atomic mass is 10.3. The van der Waals surface area contributed by atoms with Crippen molar-refractivity contribution >= 4 is 44.1 Å². The van der Waals surface area contributed by atoms with E-state index in [1.807, 2.05) is 0 Å². The second-order valence-corrected chi connectivity index (χ2v) is 5.81. The Labute approximate surface area is 135 Å². The van der Waals surface area contributed by atoms with Crippen LogP contribution in [0.3, 0.4) is 0 Å². The number of imidazole rings is 1. The average molecular weight is 367 g/mol. The van der Waals surface area contributed by atoms with E-state index in [1.54, 1.807) is 0 Å². The summed E-state index contributed by atoms with van der Waals surface area (Å²) in [6.07, 6.45) is -4.85. The summed E-state index contributed by atoms with van der Waals surface area (Å²) >= 11 is 6.56. The molecule has 0 unspecified atom stereocenters. The zero-order chi connectivity index (χ0) is 16.9. The maximum absolute atomic E-state index is 13.5. The van der Waals surface area contributed by atoms with Gasteiger partial charge in [0.2, 0.25) is 0 Å². The van der Waals surface area contributed by atoms with Crippen molar-refractivity contribution in [1.29, 1.82) is 0 Å². The van der Waals surface area contributed by atoms with Gasteiger partial charge in [0, 0.05) is 0 Å². The van der Waals surface area contributed by atoms with Crippen molar-refractivity contribution in [2.45, 2.75) is 13.1 Å². The highest BCUT2D eigenvalue weighted by molar-refractivity contribution is 7.24. The molecule has 4 nitrogen and oxygen atoms in total. The first-order chi connectivity index (χ1) is 10.8. The van der Waals surface area contributed by atoms with E-state index in [0.29, 0.717) is 0 Å². The van der Waals surface area contributed by atoms with Gasteiger partial charge in [-0.15, -0.1) is 0 Å². The summed E-state index contributed by atoms with van der Waals surface area (Å²) < 4.78 is 59.2. The van der Waals surface area contributed by atoms with Gasteiger partial charge in [-0.05, 0) is 19.1 Å². The number of fused-ring (bicyclic) bond motifs is 3. The van der Waals surface area contributed by atoms with E-state index >= 15 is 0 Å². The summed E-state index contributed by atoms with van der Waals surface area (Å²) in [6.45, 7) is 1.39. The van der Waals surface area contributed by atoms with Crippen LogP contribution in [0, 0.1) is 5.82 Å². The van der Waals surface area contributed by atoms with E-state index in [-0.39, 0.29) is 26.8 Å². The summed E-state index contributed by atoms with van der Waals surface area (Å²) in [6, 6.07) is 2.12. The number of nitrogens with zero attached hydrogens (tertiary/aromatic N) is 2. The number of thiazole rings is 1. The Hall–Kier alpha value is -1.87. The van der Waals surface area contributed by atoms with Crippen LogP contribution < -0.4 is 0 Å². The molecule has 2 heterocycles. The van der Waals surface area contributed by atoms with Gasteiger partial charge in [-0.3, -0.25) is 4.40 Å². The molecule has 3 aromatic rings. The van der Waals surface area contributed by atoms with Crippen molar-refractivity contribution in [2.75, 3.05) is 6.61 Å². The maximum Gasteiger partial charge on any atom is 0.434 e. The minimum Gasteiger partial charge on any atom is -0.461 e. The minimum absolute atomic E-state index is 0.0202. The number of carbonyl (C=O) groups is 1. The summed E-state index contributed by atoms with van der Waals surface area (Å²) in [5.41, 5.74) is -2.07. The van der Waals surface area contributed by atoms with Gasteiger partial charge in [-0.2, -0.15) is 13.2 Å². The van der Waals surface area contributed by atoms with Gasteiger partial charge in [0.15, 0.2) is 16.3 Å². The molecule has 0 saturated carbocycles. The second kappa shape index (κ2) is 5.34. The molecule has 0 saturated heterocycles. The van der Waals surface area contributed by atoms with Crippen LogP contribution in [-0.2, 0) is 10.9 Å². The smallest absolute Gasteiger partial charge is 0.434 e. The van der Waals surface area contributed by atoms with Crippen LogP contribution in [0.4, 0.5) is 17.6 Å². The Morgan fingerprint density at radius 2 is 2.13 bits per heavy atom. The molecule has 0 N–H and O–H groups in total. The third kappa shape index (κ3) is 2.43. The lowest BCUT2D eigenvalue weighted by Gasteiger charge is -2.08. The molecule has 0 radical (unpaired) electrons. The van der Waals surface area contributed by atoms with Crippen LogP contribution in [0.5, 0.6) is 0 Å². The van der Waals surface area contributed by atoms with Crippen molar-refractivity contribution in [1.82, 2.24) is 9.38 Å². The van der Waals surface area contributed by atoms with E-state index in [4.69, 9.17) is 11.6 Å². The van der Waals surface area contributed by atoms with Gasteiger partial charge in [0.1, 0.15) is 5.82 Å². The first kappa shape index (κ1) is 16.0. The van der Waals surface area contributed by atoms with E-state index in [0.717, 1.165) is 27.9 Å². The third-order valence-corrected chi connectivity index (χ3v) is 4.60. The van der Waals surface area contributed by atoms with Gasteiger partial charge in [-0.25, -0.2) is 14.2 Å². The molecule has 0 atom stereocenters. The molecular formula is C13H7ClF4N2O2S. The highest BCUT2D eigenvalue weighted by Gasteiger charge is 2.42. The predicted octanol–water partition coefficient (Wildman–Crippen LogP) is 4.54. The molecule has 10 heteroatoms. The van der Waals surface area contributed by atoms with E-state index in [9.17, 15) is 22.4 Å². The van der Waals surface area contributed by atoms with Crippen LogP contribution in [0.15, 0.2) is 12.1 Å². The van der Waals surface area contributed by atoms with Gasteiger partial charge in [-0.1, -0.05) is 22.9 Å². The Bertz CT molecular complexity index is 932. The van der Waals surface area contributed by atoms with Crippen LogP contribution in [0.1, 0.15) is 23.1 Å². The normalized spacial score (nSPS) is 12.3. The fraction of sp³-hybridized carbons (Fsp3) is 0.231. The van der Waals surface area contributed by atoms with Crippen LogP contribution in [0.2, 0.25) is 5.02 Å². The van der Waals surface area contributed by atoms with E-state index < -0.39 is 29.4 Å². The topological polar surface area (TPSA) is 43.6 Å². The van der Waals surface area contributed by atoms with Gasteiger partial charge in [0.05, 0.1) is 21.8 Å². The van der Waals surface area contributed by atoms with Crippen molar-refractivity contribution in [3.05, 3.63) is 34.4 Å². The summed E-state index contributed by atoms with van der Waals surface area (Å²) in [4.78, 5) is 15.3.